The van der Waals surface area contributed by atoms with Crippen LogP contribution in [-0.4, -0.2) is 37.0 Å². The van der Waals surface area contributed by atoms with Crippen molar-refractivity contribution in [3.8, 4) is 0 Å². The standard InChI is InChI=1S/C15H23N3O/c1-11(8-16)15(19)18-10-13-6-4-5-7-14(13)17(3)9-12(18)2/h4-7,11-12H,8-10,16H2,1-3H3. The van der Waals surface area contributed by atoms with Gasteiger partial charge in [0, 0.05) is 44.3 Å². The first-order valence-corrected chi connectivity index (χ1v) is 6.84. The maximum absolute atomic E-state index is 12.4. The molecule has 4 nitrogen and oxygen atoms in total. The van der Waals surface area contributed by atoms with E-state index in [-0.39, 0.29) is 17.9 Å². The highest BCUT2D eigenvalue weighted by molar-refractivity contribution is 5.79. The van der Waals surface area contributed by atoms with Gasteiger partial charge in [0.05, 0.1) is 0 Å². The second-order valence-electron chi connectivity index (χ2n) is 5.46. The zero-order valence-electron chi connectivity index (χ0n) is 12.0. The van der Waals surface area contributed by atoms with Crippen molar-refractivity contribution in [1.82, 2.24) is 4.90 Å². The Labute approximate surface area is 115 Å². The molecular formula is C15H23N3O. The molecule has 2 unspecified atom stereocenters. The minimum absolute atomic E-state index is 0.113. The molecule has 0 bridgehead atoms. The van der Waals surface area contributed by atoms with Crippen molar-refractivity contribution in [3.63, 3.8) is 0 Å². The van der Waals surface area contributed by atoms with Gasteiger partial charge in [-0.2, -0.15) is 0 Å². The van der Waals surface area contributed by atoms with Gasteiger partial charge in [-0.15, -0.1) is 0 Å². The molecule has 1 heterocycles. The molecule has 2 rings (SSSR count). The van der Waals surface area contributed by atoms with Crippen LogP contribution in [0.5, 0.6) is 0 Å². The molecule has 1 aliphatic rings. The molecule has 0 aromatic heterocycles. The largest absolute Gasteiger partial charge is 0.372 e. The predicted molar refractivity (Wildman–Crippen MR) is 77.9 cm³/mol. The highest BCUT2D eigenvalue weighted by Gasteiger charge is 2.28. The lowest BCUT2D eigenvalue weighted by atomic mass is 10.1. The van der Waals surface area contributed by atoms with E-state index in [2.05, 4.69) is 31.0 Å². The topological polar surface area (TPSA) is 49.6 Å². The van der Waals surface area contributed by atoms with Gasteiger partial charge >= 0.3 is 0 Å². The average molecular weight is 261 g/mol. The number of benzene rings is 1. The van der Waals surface area contributed by atoms with E-state index >= 15 is 0 Å². The van der Waals surface area contributed by atoms with Crippen LogP contribution in [0.25, 0.3) is 0 Å². The van der Waals surface area contributed by atoms with E-state index in [1.165, 1.54) is 11.3 Å². The van der Waals surface area contributed by atoms with Gasteiger partial charge in [-0.1, -0.05) is 25.1 Å². The fraction of sp³-hybridized carbons (Fsp3) is 0.533. The van der Waals surface area contributed by atoms with Gasteiger partial charge in [0.2, 0.25) is 5.91 Å². The van der Waals surface area contributed by atoms with E-state index in [9.17, 15) is 4.79 Å². The summed E-state index contributed by atoms with van der Waals surface area (Å²) in [6.07, 6.45) is 0. The van der Waals surface area contributed by atoms with Crippen molar-refractivity contribution in [2.24, 2.45) is 11.7 Å². The molecule has 1 aromatic carbocycles. The van der Waals surface area contributed by atoms with E-state index in [1.54, 1.807) is 0 Å². The summed E-state index contributed by atoms with van der Waals surface area (Å²) >= 11 is 0. The summed E-state index contributed by atoms with van der Waals surface area (Å²) in [7, 11) is 2.08. The second kappa shape index (κ2) is 5.61. The van der Waals surface area contributed by atoms with Crippen molar-refractivity contribution in [2.45, 2.75) is 26.4 Å². The Kier molecular flexibility index (Phi) is 4.10. The zero-order valence-corrected chi connectivity index (χ0v) is 12.0. The monoisotopic (exact) mass is 261 g/mol. The van der Waals surface area contributed by atoms with Crippen LogP contribution in [-0.2, 0) is 11.3 Å². The van der Waals surface area contributed by atoms with Crippen molar-refractivity contribution in [2.75, 3.05) is 25.0 Å². The predicted octanol–water partition coefficient (Wildman–Crippen LogP) is 1.45. The summed E-state index contributed by atoms with van der Waals surface area (Å²) in [5, 5.41) is 0. The number of likely N-dealkylation sites (N-methyl/N-ethyl adjacent to an activating group) is 1. The lowest BCUT2D eigenvalue weighted by Crippen LogP contribution is -2.45. The first-order chi connectivity index (χ1) is 9.04. The van der Waals surface area contributed by atoms with Gasteiger partial charge in [-0.05, 0) is 18.6 Å². The van der Waals surface area contributed by atoms with Crippen LogP contribution < -0.4 is 10.6 Å². The van der Waals surface area contributed by atoms with Crippen molar-refractivity contribution >= 4 is 11.6 Å². The third kappa shape index (κ3) is 2.73. The van der Waals surface area contributed by atoms with Crippen LogP contribution in [0.15, 0.2) is 24.3 Å². The van der Waals surface area contributed by atoms with E-state index < -0.39 is 0 Å². The van der Waals surface area contributed by atoms with Crippen LogP contribution in [0.4, 0.5) is 5.69 Å². The molecule has 104 valence electrons. The molecule has 0 spiro atoms. The Morgan fingerprint density at radius 2 is 2.16 bits per heavy atom. The maximum atomic E-state index is 12.4. The lowest BCUT2D eigenvalue weighted by molar-refractivity contribution is -0.137. The quantitative estimate of drug-likeness (QED) is 0.876. The number of anilines is 1. The van der Waals surface area contributed by atoms with Gasteiger partial charge in [0.1, 0.15) is 0 Å². The van der Waals surface area contributed by atoms with Crippen molar-refractivity contribution in [1.29, 1.82) is 0 Å². The van der Waals surface area contributed by atoms with Crippen LogP contribution in [0.1, 0.15) is 19.4 Å². The van der Waals surface area contributed by atoms with Crippen LogP contribution >= 0.6 is 0 Å². The summed E-state index contributed by atoms with van der Waals surface area (Å²) in [5.74, 6) is 0.0399. The summed E-state index contributed by atoms with van der Waals surface area (Å²) in [6, 6.07) is 8.47. The van der Waals surface area contributed by atoms with Crippen LogP contribution in [0.2, 0.25) is 0 Å². The molecule has 0 saturated heterocycles. The normalized spacial score (nSPS) is 20.7. The summed E-state index contributed by atoms with van der Waals surface area (Å²) in [5.41, 5.74) is 8.04. The Hall–Kier alpha value is -1.55. The first kappa shape index (κ1) is 13.9. The molecule has 0 radical (unpaired) electrons. The zero-order chi connectivity index (χ0) is 14.0. The first-order valence-electron chi connectivity index (χ1n) is 6.84. The SMILES string of the molecule is CC(CN)C(=O)N1Cc2ccccc2N(C)CC1C. The van der Waals surface area contributed by atoms with Crippen LogP contribution in [0.3, 0.4) is 0 Å². The summed E-state index contributed by atoms with van der Waals surface area (Å²) in [6.45, 7) is 5.92. The summed E-state index contributed by atoms with van der Waals surface area (Å²) in [4.78, 5) is 16.6. The molecule has 2 N–H and O–H groups in total. The minimum atomic E-state index is -0.113. The number of carbonyl (C=O) groups is 1. The number of carbonyl (C=O) groups excluding carboxylic acids is 1. The van der Waals surface area contributed by atoms with Crippen molar-refractivity contribution in [3.05, 3.63) is 29.8 Å². The molecule has 19 heavy (non-hydrogen) atoms. The molecule has 0 aliphatic carbocycles. The minimum Gasteiger partial charge on any atom is -0.372 e. The molecule has 2 atom stereocenters. The van der Waals surface area contributed by atoms with E-state index in [1.807, 2.05) is 24.0 Å². The van der Waals surface area contributed by atoms with E-state index in [0.29, 0.717) is 13.1 Å². The number of nitrogens with zero attached hydrogens (tertiary/aromatic N) is 2. The van der Waals surface area contributed by atoms with Gasteiger partial charge in [-0.3, -0.25) is 4.79 Å². The Morgan fingerprint density at radius 1 is 1.47 bits per heavy atom. The number of rotatable bonds is 2. The molecular weight excluding hydrogens is 238 g/mol. The number of amides is 1. The number of para-hydroxylation sites is 1. The lowest BCUT2D eigenvalue weighted by Gasteiger charge is -2.30. The van der Waals surface area contributed by atoms with E-state index in [0.717, 1.165) is 6.54 Å². The smallest absolute Gasteiger partial charge is 0.227 e. The van der Waals surface area contributed by atoms with Gasteiger partial charge in [0.25, 0.3) is 0 Å². The summed E-state index contributed by atoms with van der Waals surface area (Å²) < 4.78 is 0. The number of hydrogen-bond donors (Lipinski definition) is 1. The second-order valence-corrected chi connectivity index (χ2v) is 5.46. The third-order valence-electron chi connectivity index (χ3n) is 3.87. The Bertz CT molecular complexity index is 460. The molecule has 0 saturated carbocycles. The Morgan fingerprint density at radius 3 is 2.84 bits per heavy atom. The van der Waals surface area contributed by atoms with Gasteiger partial charge in [-0.25, -0.2) is 0 Å². The average Bonchev–Trinajstić information content (AvgIpc) is 2.54. The highest BCUT2D eigenvalue weighted by Crippen LogP contribution is 2.26. The molecule has 1 aromatic rings. The molecule has 1 amide bonds. The highest BCUT2D eigenvalue weighted by atomic mass is 16.2. The number of nitrogens with two attached hydrogens (primary N) is 1. The third-order valence-corrected chi connectivity index (χ3v) is 3.87. The maximum Gasteiger partial charge on any atom is 0.227 e. The van der Waals surface area contributed by atoms with Crippen molar-refractivity contribution < 1.29 is 4.79 Å². The number of fused-ring (bicyclic) bond motifs is 1. The fourth-order valence-corrected chi connectivity index (χ4v) is 2.63. The Balaban J connectivity index is 2.30. The fourth-order valence-electron chi connectivity index (χ4n) is 2.63. The molecule has 0 fully saturated rings. The van der Waals surface area contributed by atoms with E-state index in [4.69, 9.17) is 5.73 Å². The van der Waals surface area contributed by atoms with Gasteiger partial charge in [0.15, 0.2) is 0 Å². The molecule has 1 aliphatic heterocycles. The van der Waals surface area contributed by atoms with Gasteiger partial charge < -0.3 is 15.5 Å². The van der Waals surface area contributed by atoms with Crippen LogP contribution in [0, 0.1) is 5.92 Å². The number of hydrogen-bond acceptors (Lipinski definition) is 3. The molecule has 4 heteroatoms.